The summed E-state index contributed by atoms with van der Waals surface area (Å²) in [5.74, 6) is 1.11. The van der Waals surface area contributed by atoms with Gasteiger partial charge in [-0.25, -0.2) is 0 Å². The fourth-order valence-electron chi connectivity index (χ4n) is 1.83. The molecule has 1 atom stereocenters. The summed E-state index contributed by atoms with van der Waals surface area (Å²) in [4.78, 5) is 15.6. The van der Waals surface area contributed by atoms with Crippen molar-refractivity contribution in [3.8, 4) is 0 Å². The molecule has 2 aromatic rings. The molecular weight excluding hydrogens is 236 g/mol. The van der Waals surface area contributed by atoms with Gasteiger partial charge in [-0.3, -0.25) is 14.9 Å². The molecule has 3 heterocycles. The molecule has 1 aliphatic rings. The normalized spacial score (nSPS) is 19.3. The third kappa shape index (κ3) is 1.91. The number of hydrogen-bond acceptors (Lipinski definition) is 4. The molecule has 0 saturated heterocycles. The van der Waals surface area contributed by atoms with Crippen LogP contribution in [0, 0.1) is 0 Å². The van der Waals surface area contributed by atoms with Crippen LogP contribution in [0.4, 0.5) is 5.82 Å². The van der Waals surface area contributed by atoms with Crippen molar-refractivity contribution in [2.75, 3.05) is 11.1 Å². The van der Waals surface area contributed by atoms with E-state index in [-0.39, 0.29) is 11.2 Å². The quantitative estimate of drug-likeness (QED) is 0.801. The smallest absolute Gasteiger partial charge is 0.235 e. The summed E-state index contributed by atoms with van der Waals surface area (Å²) in [6.07, 6.45) is 5.32. The first-order chi connectivity index (χ1) is 8.34. The van der Waals surface area contributed by atoms with Crippen molar-refractivity contribution in [1.82, 2.24) is 15.2 Å². The summed E-state index contributed by atoms with van der Waals surface area (Å²) in [7, 11) is 0. The Kier molecular flexibility index (Phi) is 2.56. The van der Waals surface area contributed by atoms with Gasteiger partial charge in [0.25, 0.3) is 0 Å². The SMILES string of the molecule is O=C1CSC(c2cccnc2)c2cn[nH]c2N1. The molecule has 86 valence electrons. The van der Waals surface area contributed by atoms with Gasteiger partial charge in [0.05, 0.1) is 17.2 Å². The Morgan fingerprint density at radius 1 is 1.41 bits per heavy atom. The zero-order valence-electron chi connectivity index (χ0n) is 8.88. The summed E-state index contributed by atoms with van der Waals surface area (Å²) >= 11 is 1.58. The van der Waals surface area contributed by atoms with E-state index >= 15 is 0 Å². The van der Waals surface area contributed by atoms with Crippen LogP contribution in [0.5, 0.6) is 0 Å². The largest absolute Gasteiger partial charge is 0.310 e. The van der Waals surface area contributed by atoms with Gasteiger partial charge in [0.1, 0.15) is 5.82 Å². The van der Waals surface area contributed by atoms with Gasteiger partial charge < -0.3 is 5.32 Å². The lowest BCUT2D eigenvalue weighted by Crippen LogP contribution is -2.12. The summed E-state index contributed by atoms with van der Waals surface area (Å²) in [5, 5.41) is 9.69. The summed E-state index contributed by atoms with van der Waals surface area (Å²) in [5.41, 5.74) is 2.07. The Labute approximate surface area is 102 Å². The number of nitrogens with one attached hydrogen (secondary N) is 2. The Balaban J connectivity index is 2.04. The van der Waals surface area contributed by atoms with E-state index in [2.05, 4.69) is 20.5 Å². The molecular formula is C11H10N4OS. The summed E-state index contributed by atoms with van der Waals surface area (Å²) in [6, 6.07) is 3.91. The molecule has 5 nitrogen and oxygen atoms in total. The highest BCUT2D eigenvalue weighted by atomic mass is 32.2. The number of aromatic amines is 1. The monoisotopic (exact) mass is 246 g/mol. The molecule has 6 heteroatoms. The number of H-pyrrole nitrogens is 1. The number of rotatable bonds is 1. The van der Waals surface area contributed by atoms with E-state index in [1.54, 1.807) is 24.2 Å². The minimum absolute atomic E-state index is 0.00751. The summed E-state index contributed by atoms with van der Waals surface area (Å²) < 4.78 is 0. The second-order valence-electron chi connectivity index (χ2n) is 3.73. The number of carbonyl (C=O) groups excluding carboxylic acids is 1. The second-order valence-corrected chi connectivity index (χ2v) is 4.82. The lowest BCUT2D eigenvalue weighted by Gasteiger charge is -2.12. The third-order valence-electron chi connectivity index (χ3n) is 2.58. The van der Waals surface area contributed by atoms with Crippen LogP contribution in [0.1, 0.15) is 16.4 Å². The molecule has 0 saturated carbocycles. The molecule has 0 aromatic carbocycles. The van der Waals surface area contributed by atoms with Gasteiger partial charge in [0.2, 0.25) is 5.91 Å². The Morgan fingerprint density at radius 3 is 3.18 bits per heavy atom. The highest BCUT2D eigenvalue weighted by Crippen LogP contribution is 2.39. The zero-order valence-corrected chi connectivity index (χ0v) is 9.70. The second kappa shape index (κ2) is 4.21. The topological polar surface area (TPSA) is 70.7 Å². The van der Waals surface area contributed by atoms with Crippen LogP contribution in [0.3, 0.4) is 0 Å². The summed E-state index contributed by atoms with van der Waals surface area (Å²) in [6.45, 7) is 0. The number of hydrogen-bond donors (Lipinski definition) is 2. The predicted molar refractivity (Wildman–Crippen MR) is 65.8 cm³/mol. The van der Waals surface area contributed by atoms with Gasteiger partial charge in [-0.15, -0.1) is 11.8 Å². The molecule has 0 bridgehead atoms. The number of nitrogens with zero attached hydrogens (tertiary/aromatic N) is 2. The molecule has 1 amide bonds. The van der Waals surface area contributed by atoms with E-state index in [4.69, 9.17) is 0 Å². The van der Waals surface area contributed by atoms with Gasteiger partial charge >= 0.3 is 0 Å². The van der Waals surface area contributed by atoms with Gasteiger partial charge in [-0.1, -0.05) is 6.07 Å². The number of aromatic nitrogens is 3. The average molecular weight is 246 g/mol. The lowest BCUT2D eigenvalue weighted by atomic mass is 10.1. The van der Waals surface area contributed by atoms with Gasteiger partial charge in [0, 0.05) is 18.0 Å². The van der Waals surface area contributed by atoms with Crippen molar-refractivity contribution in [1.29, 1.82) is 0 Å². The number of amides is 1. The fourth-order valence-corrected chi connectivity index (χ4v) is 2.91. The Hall–Kier alpha value is -1.82. The maximum atomic E-state index is 11.5. The first-order valence-electron chi connectivity index (χ1n) is 5.19. The van der Waals surface area contributed by atoms with Crippen molar-refractivity contribution >= 4 is 23.5 Å². The van der Waals surface area contributed by atoms with E-state index in [0.717, 1.165) is 11.1 Å². The van der Waals surface area contributed by atoms with Crippen molar-refractivity contribution in [2.24, 2.45) is 0 Å². The number of fused-ring (bicyclic) bond motifs is 1. The molecule has 1 aliphatic heterocycles. The maximum Gasteiger partial charge on any atom is 0.235 e. The van der Waals surface area contributed by atoms with E-state index in [1.807, 2.05) is 18.3 Å². The molecule has 0 aliphatic carbocycles. The van der Waals surface area contributed by atoms with Crippen LogP contribution >= 0.6 is 11.8 Å². The van der Waals surface area contributed by atoms with Crippen molar-refractivity contribution in [3.05, 3.63) is 41.9 Å². The van der Waals surface area contributed by atoms with E-state index < -0.39 is 0 Å². The van der Waals surface area contributed by atoms with Crippen LogP contribution in [0.15, 0.2) is 30.7 Å². The first kappa shape index (κ1) is 10.3. The molecule has 0 spiro atoms. The molecule has 2 N–H and O–H groups in total. The average Bonchev–Trinajstić information content (AvgIpc) is 2.73. The number of thioether (sulfide) groups is 1. The third-order valence-corrected chi connectivity index (χ3v) is 3.87. The van der Waals surface area contributed by atoms with Crippen LogP contribution < -0.4 is 5.32 Å². The molecule has 1 unspecified atom stereocenters. The molecule has 3 rings (SSSR count). The first-order valence-corrected chi connectivity index (χ1v) is 6.24. The van der Waals surface area contributed by atoms with Crippen LogP contribution in [0.2, 0.25) is 0 Å². The highest BCUT2D eigenvalue weighted by molar-refractivity contribution is 8.00. The minimum atomic E-state index is -0.00751. The number of carbonyl (C=O) groups is 1. The van der Waals surface area contributed by atoms with E-state index in [9.17, 15) is 4.79 Å². The van der Waals surface area contributed by atoms with Gasteiger partial charge in [-0.05, 0) is 11.6 Å². The Bertz CT molecular complexity index is 539. The van der Waals surface area contributed by atoms with E-state index in [0.29, 0.717) is 11.6 Å². The van der Waals surface area contributed by atoms with Crippen LogP contribution in [0.25, 0.3) is 0 Å². The predicted octanol–water partition coefficient (Wildman–Crippen LogP) is 1.58. The zero-order chi connectivity index (χ0) is 11.7. The van der Waals surface area contributed by atoms with Crippen LogP contribution in [-0.2, 0) is 4.79 Å². The van der Waals surface area contributed by atoms with Gasteiger partial charge in [-0.2, -0.15) is 5.10 Å². The molecule has 0 fully saturated rings. The molecule has 17 heavy (non-hydrogen) atoms. The number of anilines is 1. The maximum absolute atomic E-state index is 11.5. The van der Waals surface area contributed by atoms with Crippen molar-refractivity contribution < 1.29 is 4.79 Å². The Morgan fingerprint density at radius 2 is 2.35 bits per heavy atom. The number of pyridine rings is 1. The van der Waals surface area contributed by atoms with Crippen LogP contribution in [-0.4, -0.2) is 26.8 Å². The standard InChI is InChI=1S/C11H10N4OS/c16-9-6-17-10(7-2-1-3-12-4-7)8-5-13-15-11(8)14-9/h1-5,10H,6H2,(H2,13,14,15,16). The van der Waals surface area contributed by atoms with E-state index in [1.165, 1.54) is 0 Å². The minimum Gasteiger partial charge on any atom is -0.310 e. The van der Waals surface area contributed by atoms with Crippen molar-refractivity contribution in [3.63, 3.8) is 0 Å². The lowest BCUT2D eigenvalue weighted by molar-refractivity contribution is -0.113. The highest BCUT2D eigenvalue weighted by Gasteiger charge is 2.25. The molecule has 0 radical (unpaired) electrons. The van der Waals surface area contributed by atoms with Gasteiger partial charge in [0.15, 0.2) is 0 Å². The molecule has 2 aromatic heterocycles. The van der Waals surface area contributed by atoms with Crippen molar-refractivity contribution in [2.45, 2.75) is 5.25 Å². The fraction of sp³-hybridized carbons (Fsp3) is 0.182.